The molecule has 1 aromatic carbocycles. The number of amides is 1. The number of benzene rings is 1. The minimum atomic E-state index is -0.985. The summed E-state index contributed by atoms with van der Waals surface area (Å²) in [5.74, 6) is -1.47. The Hall–Kier alpha value is -3.40. The number of carboxylic acids is 1. The smallest absolute Gasteiger partial charge is 0.335 e. The van der Waals surface area contributed by atoms with E-state index in [1.54, 1.807) is 41.1 Å². The number of carboxylic acid groups (broad SMARTS) is 1. The number of aromatic nitrogens is 1. The highest BCUT2D eigenvalue weighted by Crippen LogP contribution is 2.13. The van der Waals surface area contributed by atoms with Gasteiger partial charge in [0, 0.05) is 11.9 Å². The van der Waals surface area contributed by atoms with Crippen molar-refractivity contribution in [2.75, 3.05) is 0 Å². The minimum absolute atomic E-state index is 0.204. The minimum Gasteiger partial charge on any atom is -0.478 e. The maximum atomic E-state index is 11.1. The molecule has 2 rings (SSSR count). The molecule has 2 aromatic rings. The van der Waals surface area contributed by atoms with Crippen LogP contribution in [0.4, 0.5) is 0 Å². The van der Waals surface area contributed by atoms with Gasteiger partial charge in [0.25, 0.3) is 5.91 Å². The fourth-order valence-electron chi connectivity index (χ4n) is 1.78. The number of carbonyl (C=O) groups excluding carboxylic acids is 1. The zero-order valence-corrected chi connectivity index (χ0v) is 11.4. The average Bonchev–Trinajstić information content (AvgIpc) is 2.96. The molecular formula is C15H12N4O3. The normalized spacial score (nSPS) is 10.3. The van der Waals surface area contributed by atoms with Gasteiger partial charge in [-0.25, -0.2) is 10.2 Å². The van der Waals surface area contributed by atoms with E-state index in [1.165, 1.54) is 18.3 Å². The summed E-state index contributed by atoms with van der Waals surface area (Å²) in [6.45, 7) is 0. The Labute approximate surface area is 126 Å². The Morgan fingerprint density at radius 2 is 2.05 bits per heavy atom. The third-order valence-electron chi connectivity index (χ3n) is 2.80. The maximum Gasteiger partial charge on any atom is 0.335 e. The summed E-state index contributed by atoms with van der Waals surface area (Å²) in [6.07, 6.45) is 2.98. The summed E-state index contributed by atoms with van der Waals surface area (Å²) in [4.78, 5) is 22.0. The molecular weight excluding hydrogens is 284 g/mol. The number of nitriles is 1. The molecule has 1 aromatic heterocycles. The second-order valence-electron chi connectivity index (χ2n) is 4.28. The quantitative estimate of drug-likeness (QED) is 0.644. The van der Waals surface area contributed by atoms with Crippen LogP contribution in [0.2, 0.25) is 0 Å². The molecule has 0 fully saturated rings. The third-order valence-corrected chi connectivity index (χ3v) is 2.80. The zero-order chi connectivity index (χ0) is 15.9. The number of hydrazone groups is 1. The SMILES string of the molecule is N#CCC(=O)N/N=C\c1cccn1-c1ccc(C(=O)O)cc1. The first-order valence-electron chi connectivity index (χ1n) is 6.32. The van der Waals surface area contributed by atoms with Gasteiger partial charge in [-0.1, -0.05) is 0 Å². The van der Waals surface area contributed by atoms with Gasteiger partial charge in [0.2, 0.25) is 0 Å². The van der Waals surface area contributed by atoms with Gasteiger partial charge in [-0.05, 0) is 36.4 Å². The van der Waals surface area contributed by atoms with Crippen molar-refractivity contribution in [3.05, 3.63) is 53.9 Å². The fraction of sp³-hybridized carbons (Fsp3) is 0.0667. The van der Waals surface area contributed by atoms with Gasteiger partial charge in [0.05, 0.1) is 23.5 Å². The van der Waals surface area contributed by atoms with Gasteiger partial charge < -0.3 is 9.67 Å². The van der Waals surface area contributed by atoms with E-state index < -0.39 is 11.9 Å². The topological polar surface area (TPSA) is 107 Å². The molecule has 22 heavy (non-hydrogen) atoms. The van der Waals surface area contributed by atoms with Gasteiger partial charge >= 0.3 is 5.97 Å². The molecule has 0 aliphatic heterocycles. The van der Waals surface area contributed by atoms with E-state index in [9.17, 15) is 9.59 Å². The van der Waals surface area contributed by atoms with E-state index in [0.29, 0.717) is 5.69 Å². The lowest BCUT2D eigenvalue weighted by atomic mass is 10.2. The molecule has 0 bridgehead atoms. The van der Waals surface area contributed by atoms with Gasteiger partial charge in [-0.2, -0.15) is 10.4 Å². The molecule has 0 spiro atoms. The predicted molar refractivity (Wildman–Crippen MR) is 78.7 cm³/mol. The lowest BCUT2D eigenvalue weighted by Crippen LogP contribution is -2.16. The highest BCUT2D eigenvalue weighted by atomic mass is 16.4. The van der Waals surface area contributed by atoms with Crippen molar-refractivity contribution in [3.63, 3.8) is 0 Å². The molecule has 2 N–H and O–H groups in total. The molecule has 0 aliphatic carbocycles. The Balaban J connectivity index is 2.15. The van der Waals surface area contributed by atoms with Gasteiger partial charge in [-0.3, -0.25) is 4.79 Å². The van der Waals surface area contributed by atoms with Crippen molar-refractivity contribution in [3.8, 4) is 11.8 Å². The fourth-order valence-corrected chi connectivity index (χ4v) is 1.78. The molecule has 0 unspecified atom stereocenters. The lowest BCUT2D eigenvalue weighted by Gasteiger charge is -2.06. The van der Waals surface area contributed by atoms with Crippen LogP contribution in [0.3, 0.4) is 0 Å². The summed E-state index contributed by atoms with van der Waals surface area (Å²) in [5.41, 5.74) is 3.90. The number of rotatable bonds is 5. The largest absolute Gasteiger partial charge is 0.478 e. The van der Waals surface area contributed by atoms with Crippen LogP contribution >= 0.6 is 0 Å². The van der Waals surface area contributed by atoms with E-state index in [2.05, 4.69) is 10.5 Å². The summed E-state index contributed by atoms with van der Waals surface area (Å²) in [6, 6.07) is 11.7. The Bertz CT molecular complexity index is 754. The molecule has 0 radical (unpaired) electrons. The Morgan fingerprint density at radius 3 is 2.68 bits per heavy atom. The molecule has 1 amide bonds. The summed E-state index contributed by atoms with van der Waals surface area (Å²) in [5, 5.41) is 21.0. The van der Waals surface area contributed by atoms with Crippen molar-refractivity contribution >= 4 is 18.1 Å². The van der Waals surface area contributed by atoms with E-state index >= 15 is 0 Å². The molecule has 0 atom stereocenters. The van der Waals surface area contributed by atoms with Crippen molar-refractivity contribution in [2.24, 2.45) is 5.10 Å². The standard InChI is InChI=1S/C15H12N4O3/c16-8-7-14(20)18-17-10-13-2-1-9-19(13)12-5-3-11(4-6-12)15(21)22/h1-6,9-10H,7H2,(H,18,20)(H,21,22)/b17-10-. The summed E-state index contributed by atoms with van der Waals surface area (Å²) in [7, 11) is 0. The van der Waals surface area contributed by atoms with Crippen LogP contribution in [0.25, 0.3) is 5.69 Å². The van der Waals surface area contributed by atoms with Crippen molar-refractivity contribution in [1.29, 1.82) is 5.26 Å². The zero-order valence-electron chi connectivity index (χ0n) is 11.4. The maximum absolute atomic E-state index is 11.1. The average molecular weight is 296 g/mol. The number of hydrogen-bond donors (Lipinski definition) is 2. The molecule has 0 saturated carbocycles. The molecule has 0 aliphatic rings. The molecule has 110 valence electrons. The molecule has 7 heteroatoms. The monoisotopic (exact) mass is 296 g/mol. The van der Waals surface area contributed by atoms with Crippen LogP contribution in [0, 0.1) is 11.3 Å². The van der Waals surface area contributed by atoms with Crippen LogP contribution in [-0.2, 0) is 4.79 Å². The molecule has 7 nitrogen and oxygen atoms in total. The molecule has 0 saturated heterocycles. The van der Waals surface area contributed by atoms with E-state index in [4.69, 9.17) is 10.4 Å². The number of nitrogens with zero attached hydrogens (tertiary/aromatic N) is 3. The van der Waals surface area contributed by atoms with Crippen molar-refractivity contribution in [2.45, 2.75) is 6.42 Å². The van der Waals surface area contributed by atoms with Crippen LogP contribution in [0.5, 0.6) is 0 Å². The summed E-state index contributed by atoms with van der Waals surface area (Å²) < 4.78 is 1.78. The van der Waals surface area contributed by atoms with E-state index in [-0.39, 0.29) is 12.0 Å². The number of carbonyl (C=O) groups is 2. The van der Waals surface area contributed by atoms with Crippen molar-refractivity contribution in [1.82, 2.24) is 9.99 Å². The first kappa shape index (κ1) is 15.0. The first-order valence-corrected chi connectivity index (χ1v) is 6.32. The van der Waals surface area contributed by atoms with Gasteiger partial charge in [-0.15, -0.1) is 0 Å². The van der Waals surface area contributed by atoms with E-state index in [1.807, 2.05) is 0 Å². The number of aromatic carboxylic acids is 1. The van der Waals surface area contributed by atoms with Crippen LogP contribution < -0.4 is 5.43 Å². The first-order chi connectivity index (χ1) is 10.6. The van der Waals surface area contributed by atoms with Gasteiger partial charge in [0.15, 0.2) is 0 Å². The Kier molecular flexibility index (Phi) is 4.67. The number of nitrogens with one attached hydrogen (secondary N) is 1. The lowest BCUT2D eigenvalue weighted by molar-refractivity contribution is -0.120. The van der Waals surface area contributed by atoms with Crippen LogP contribution in [0.15, 0.2) is 47.7 Å². The van der Waals surface area contributed by atoms with Crippen molar-refractivity contribution < 1.29 is 14.7 Å². The highest BCUT2D eigenvalue weighted by Gasteiger charge is 2.05. The Morgan fingerprint density at radius 1 is 1.32 bits per heavy atom. The second kappa shape index (κ2) is 6.85. The molecule has 1 heterocycles. The van der Waals surface area contributed by atoms with Gasteiger partial charge in [0.1, 0.15) is 6.42 Å². The third kappa shape index (κ3) is 3.58. The second-order valence-corrected chi connectivity index (χ2v) is 4.28. The summed E-state index contributed by atoms with van der Waals surface area (Å²) >= 11 is 0. The van der Waals surface area contributed by atoms with Crippen LogP contribution in [-0.4, -0.2) is 27.8 Å². The predicted octanol–water partition coefficient (Wildman–Crippen LogP) is 1.54. The highest BCUT2D eigenvalue weighted by molar-refractivity contribution is 5.88. The number of hydrogen-bond acceptors (Lipinski definition) is 4. The van der Waals surface area contributed by atoms with Crippen LogP contribution in [0.1, 0.15) is 22.5 Å². The van der Waals surface area contributed by atoms with E-state index in [0.717, 1.165) is 5.69 Å².